The van der Waals surface area contributed by atoms with Crippen molar-refractivity contribution in [3.63, 3.8) is 0 Å². The fourth-order valence-electron chi connectivity index (χ4n) is 10.2. The van der Waals surface area contributed by atoms with Crippen LogP contribution in [0.15, 0.2) is 0 Å². The number of carbonyl (C=O) groups excluding carboxylic acids is 4. The predicted octanol–water partition coefficient (Wildman–Crippen LogP) is 19.1. The van der Waals surface area contributed by atoms with Crippen molar-refractivity contribution in [1.29, 1.82) is 0 Å². The van der Waals surface area contributed by atoms with E-state index in [0.29, 0.717) is 25.7 Å². The molecule has 17 nitrogen and oxygen atoms in total. The first kappa shape index (κ1) is 84.1. The highest BCUT2D eigenvalue weighted by atomic mass is 31.2. The van der Waals surface area contributed by atoms with Crippen LogP contribution >= 0.6 is 15.6 Å². The van der Waals surface area contributed by atoms with Crippen LogP contribution in [-0.4, -0.2) is 96.7 Å². The van der Waals surface area contributed by atoms with Gasteiger partial charge in [-0.2, -0.15) is 0 Å². The number of hydrogen-bond donors (Lipinski definition) is 3. The van der Waals surface area contributed by atoms with Crippen molar-refractivity contribution in [2.24, 2.45) is 0 Å². The number of rotatable bonds is 68. The minimum Gasteiger partial charge on any atom is -0.462 e. The Labute approximate surface area is 524 Å². The minimum atomic E-state index is -4.94. The third-order valence-corrected chi connectivity index (χ3v) is 17.5. The zero-order valence-electron chi connectivity index (χ0n) is 55.3. The normalized spacial score (nSPS) is 14.1. The molecule has 86 heavy (non-hydrogen) atoms. The van der Waals surface area contributed by atoms with Gasteiger partial charge in [-0.1, -0.05) is 297 Å². The van der Waals surface area contributed by atoms with Crippen molar-refractivity contribution >= 4 is 39.5 Å². The number of aliphatic hydroxyl groups excluding tert-OH is 1. The summed E-state index contributed by atoms with van der Waals surface area (Å²) in [4.78, 5) is 72.2. The van der Waals surface area contributed by atoms with Crippen LogP contribution in [0.2, 0.25) is 0 Å². The van der Waals surface area contributed by atoms with Gasteiger partial charge < -0.3 is 33.8 Å². The molecule has 0 aromatic heterocycles. The molecular formula is C67H130O17P2. The summed E-state index contributed by atoms with van der Waals surface area (Å²) in [7, 11) is -9.88. The van der Waals surface area contributed by atoms with Crippen LogP contribution in [0, 0.1) is 0 Å². The Kier molecular flexibility index (Phi) is 60.5. The molecule has 0 aliphatic rings. The topological polar surface area (TPSA) is 237 Å². The molecule has 2 unspecified atom stereocenters. The van der Waals surface area contributed by atoms with E-state index in [-0.39, 0.29) is 25.7 Å². The van der Waals surface area contributed by atoms with E-state index in [4.69, 9.17) is 37.0 Å². The number of aliphatic hydroxyl groups is 1. The van der Waals surface area contributed by atoms with Crippen molar-refractivity contribution in [1.82, 2.24) is 0 Å². The second-order valence-corrected chi connectivity index (χ2v) is 27.1. The average molecular weight is 1270 g/mol. The third-order valence-electron chi connectivity index (χ3n) is 15.6. The van der Waals surface area contributed by atoms with E-state index in [1.165, 1.54) is 167 Å². The summed E-state index contributed by atoms with van der Waals surface area (Å²) < 4.78 is 68.0. The summed E-state index contributed by atoms with van der Waals surface area (Å²) in [6.45, 7) is 4.86. The lowest BCUT2D eigenvalue weighted by Gasteiger charge is -2.21. The lowest BCUT2D eigenvalue weighted by atomic mass is 10.0. The van der Waals surface area contributed by atoms with Gasteiger partial charge in [-0.3, -0.25) is 37.3 Å². The summed E-state index contributed by atoms with van der Waals surface area (Å²) in [5.41, 5.74) is 0. The first-order chi connectivity index (χ1) is 41.7. The Hall–Kier alpha value is -1.94. The highest BCUT2D eigenvalue weighted by Gasteiger charge is 2.30. The molecule has 0 aliphatic heterocycles. The molecule has 510 valence electrons. The molecule has 19 heteroatoms. The van der Waals surface area contributed by atoms with Gasteiger partial charge in [0, 0.05) is 25.7 Å². The molecule has 0 aromatic carbocycles. The van der Waals surface area contributed by atoms with Gasteiger partial charge in [0.15, 0.2) is 12.2 Å². The molecule has 0 saturated heterocycles. The highest BCUT2D eigenvalue weighted by Crippen LogP contribution is 2.45. The van der Waals surface area contributed by atoms with Gasteiger partial charge in [-0.05, 0) is 25.7 Å². The van der Waals surface area contributed by atoms with Crippen molar-refractivity contribution in [2.75, 3.05) is 39.6 Å². The molecule has 0 saturated carbocycles. The van der Waals surface area contributed by atoms with Crippen molar-refractivity contribution in [2.45, 2.75) is 367 Å². The van der Waals surface area contributed by atoms with Crippen LogP contribution in [-0.2, 0) is 65.4 Å². The van der Waals surface area contributed by atoms with Gasteiger partial charge in [-0.15, -0.1) is 0 Å². The zero-order chi connectivity index (χ0) is 63.3. The van der Waals surface area contributed by atoms with Crippen LogP contribution in [0.25, 0.3) is 0 Å². The van der Waals surface area contributed by atoms with Crippen molar-refractivity contribution in [3.8, 4) is 0 Å². The SMILES string of the molecule is CCCCCCCCCCCCCCCCCCCCCC(=O)O[C@H](COC(=O)CCCCCCCCCCCC)COP(=O)(O)OC[C@@H](O)COP(=O)(O)OC[C@@H](COC(=O)CCCCCCCCC)OC(=O)CCCCCCCCCCCC. The first-order valence-corrected chi connectivity index (χ1v) is 38.3. The van der Waals surface area contributed by atoms with Gasteiger partial charge in [0.25, 0.3) is 0 Å². The summed E-state index contributed by atoms with van der Waals surface area (Å²) in [6.07, 6.45) is 48.7. The summed E-state index contributed by atoms with van der Waals surface area (Å²) in [5.74, 6) is -2.13. The number of carbonyl (C=O) groups is 4. The Bertz CT molecular complexity index is 1650. The van der Waals surface area contributed by atoms with Crippen LogP contribution in [0.5, 0.6) is 0 Å². The second-order valence-electron chi connectivity index (χ2n) is 24.2. The summed E-state index contributed by atoms with van der Waals surface area (Å²) >= 11 is 0. The maximum absolute atomic E-state index is 13.0. The van der Waals surface area contributed by atoms with E-state index in [9.17, 15) is 43.2 Å². The molecule has 0 fully saturated rings. The van der Waals surface area contributed by atoms with E-state index in [1.54, 1.807) is 0 Å². The van der Waals surface area contributed by atoms with Crippen LogP contribution in [0.3, 0.4) is 0 Å². The van der Waals surface area contributed by atoms with E-state index in [2.05, 4.69) is 27.7 Å². The molecule has 5 atom stereocenters. The number of phosphoric acid groups is 2. The number of esters is 4. The van der Waals surface area contributed by atoms with E-state index in [0.717, 1.165) is 103 Å². The molecular weight excluding hydrogens is 1140 g/mol. The molecule has 0 aromatic rings. The standard InChI is InChI=1S/C67H130O17P2/c1-5-9-13-17-21-24-27-28-29-30-31-32-33-34-35-38-42-46-50-54-67(72)84-63(58-78-65(70)52-48-44-40-36-25-22-18-14-10-6-2)60-82-86(75,76)80-56-61(68)55-79-85(73,74)81-59-62(57-77-64(69)51-47-43-39-20-16-12-8-4)83-66(71)53-49-45-41-37-26-23-19-15-11-7-3/h61-63,68H,5-60H2,1-4H3,(H,73,74)(H,75,76)/t61-,62+,63+/m0/s1. The summed E-state index contributed by atoms with van der Waals surface area (Å²) in [6, 6.07) is 0. The lowest BCUT2D eigenvalue weighted by molar-refractivity contribution is -0.161. The molecule has 0 rings (SSSR count). The van der Waals surface area contributed by atoms with E-state index >= 15 is 0 Å². The molecule has 0 radical (unpaired) electrons. The van der Waals surface area contributed by atoms with Crippen LogP contribution in [0.4, 0.5) is 0 Å². The fraction of sp³-hybridized carbons (Fsp3) is 0.940. The zero-order valence-corrected chi connectivity index (χ0v) is 57.1. The number of unbranched alkanes of at least 4 members (excludes halogenated alkanes) is 42. The van der Waals surface area contributed by atoms with Crippen LogP contribution in [0.1, 0.15) is 349 Å². The third kappa shape index (κ3) is 60.9. The maximum atomic E-state index is 13.0. The Morgan fingerprint density at radius 3 is 0.686 bits per heavy atom. The fourth-order valence-corrected chi connectivity index (χ4v) is 11.7. The minimum absolute atomic E-state index is 0.106. The van der Waals surface area contributed by atoms with E-state index in [1.807, 2.05) is 0 Å². The number of hydrogen-bond acceptors (Lipinski definition) is 15. The second kappa shape index (κ2) is 61.9. The Balaban J connectivity index is 5.14. The van der Waals surface area contributed by atoms with Gasteiger partial charge in [0.1, 0.15) is 19.3 Å². The molecule has 0 bridgehead atoms. The first-order valence-electron chi connectivity index (χ1n) is 35.3. The Morgan fingerprint density at radius 2 is 0.465 bits per heavy atom. The molecule has 3 N–H and O–H groups in total. The molecule has 0 aliphatic carbocycles. The van der Waals surface area contributed by atoms with Gasteiger partial charge >= 0.3 is 39.5 Å². The smallest absolute Gasteiger partial charge is 0.462 e. The summed E-state index contributed by atoms with van der Waals surface area (Å²) in [5, 5.41) is 10.5. The largest absolute Gasteiger partial charge is 0.472 e. The van der Waals surface area contributed by atoms with Gasteiger partial charge in [0.05, 0.1) is 26.4 Å². The quantitative estimate of drug-likeness (QED) is 0.0222. The predicted molar refractivity (Wildman–Crippen MR) is 345 cm³/mol. The monoisotopic (exact) mass is 1270 g/mol. The maximum Gasteiger partial charge on any atom is 0.472 e. The number of ether oxygens (including phenoxy) is 4. The van der Waals surface area contributed by atoms with Crippen molar-refractivity contribution in [3.05, 3.63) is 0 Å². The number of phosphoric ester groups is 2. The van der Waals surface area contributed by atoms with Gasteiger partial charge in [0.2, 0.25) is 0 Å². The lowest BCUT2D eigenvalue weighted by Crippen LogP contribution is -2.30. The van der Waals surface area contributed by atoms with E-state index < -0.39 is 97.5 Å². The molecule has 0 amide bonds. The van der Waals surface area contributed by atoms with Crippen molar-refractivity contribution < 1.29 is 80.2 Å². The van der Waals surface area contributed by atoms with Crippen LogP contribution < -0.4 is 0 Å². The average Bonchev–Trinajstić information content (AvgIpc) is 3.71. The molecule has 0 spiro atoms. The molecule has 0 heterocycles. The Morgan fingerprint density at radius 1 is 0.279 bits per heavy atom. The highest BCUT2D eigenvalue weighted by molar-refractivity contribution is 7.47. The van der Waals surface area contributed by atoms with Gasteiger partial charge in [-0.25, -0.2) is 9.13 Å².